The molecule has 2 saturated carbocycles. The minimum Gasteiger partial charge on any atom is -0.207 e. The Morgan fingerprint density at radius 2 is 1.94 bits per heavy atom. The van der Waals surface area contributed by atoms with Gasteiger partial charge in [0.1, 0.15) is 5.82 Å². The van der Waals surface area contributed by atoms with E-state index in [-0.39, 0.29) is 5.82 Å². The third-order valence-electron chi connectivity index (χ3n) is 4.46. The summed E-state index contributed by atoms with van der Waals surface area (Å²) in [7, 11) is 0. The van der Waals surface area contributed by atoms with Crippen LogP contribution in [0.5, 0.6) is 0 Å². The monoisotopic (exact) mass is 296 g/mol. The van der Waals surface area contributed by atoms with E-state index >= 15 is 0 Å². The quantitative estimate of drug-likeness (QED) is 0.717. The van der Waals surface area contributed by atoms with Crippen LogP contribution in [0.25, 0.3) is 0 Å². The third kappa shape index (κ3) is 2.42. The van der Waals surface area contributed by atoms with Gasteiger partial charge in [0.25, 0.3) is 0 Å². The van der Waals surface area contributed by atoms with Crippen LogP contribution in [0.2, 0.25) is 0 Å². The summed E-state index contributed by atoms with van der Waals surface area (Å²) in [5.74, 6) is 2.65. The highest BCUT2D eigenvalue weighted by Gasteiger charge is 2.53. The summed E-state index contributed by atoms with van der Waals surface area (Å²) in [6.45, 7) is 0. The van der Waals surface area contributed by atoms with Gasteiger partial charge >= 0.3 is 0 Å². The minimum atomic E-state index is -0.115. The zero-order chi connectivity index (χ0) is 11.8. The van der Waals surface area contributed by atoms with Gasteiger partial charge in [0.05, 0.1) is 0 Å². The van der Waals surface area contributed by atoms with Crippen LogP contribution in [-0.2, 0) is 6.42 Å². The summed E-state index contributed by atoms with van der Waals surface area (Å²) in [4.78, 5) is 0.539. The Morgan fingerprint density at radius 1 is 1.24 bits per heavy atom. The van der Waals surface area contributed by atoms with Gasteiger partial charge < -0.3 is 0 Å². The summed E-state index contributed by atoms with van der Waals surface area (Å²) >= 11 is 3.83. The van der Waals surface area contributed by atoms with Gasteiger partial charge in [-0.25, -0.2) is 4.39 Å². The van der Waals surface area contributed by atoms with E-state index in [9.17, 15) is 4.39 Å². The first-order valence-corrected chi connectivity index (χ1v) is 7.56. The second-order valence-corrected chi connectivity index (χ2v) is 6.72. The van der Waals surface area contributed by atoms with Crippen molar-refractivity contribution in [2.24, 2.45) is 17.8 Å². The van der Waals surface area contributed by atoms with Gasteiger partial charge in [0, 0.05) is 4.83 Å². The number of alkyl halides is 1. The number of fused-ring (bicyclic) bond motifs is 1. The van der Waals surface area contributed by atoms with Crippen molar-refractivity contribution in [1.29, 1.82) is 0 Å². The van der Waals surface area contributed by atoms with Crippen molar-refractivity contribution >= 4 is 15.9 Å². The molecule has 2 aliphatic rings. The molecule has 2 aliphatic carbocycles. The average molecular weight is 297 g/mol. The van der Waals surface area contributed by atoms with E-state index in [2.05, 4.69) is 15.9 Å². The molecule has 0 aromatic heterocycles. The van der Waals surface area contributed by atoms with Gasteiger partial charge in [-0.2, -0.15) is 0 Å². The topological polar surface area (TPSA) is 0 Å². The van der Waals surface area contributed by atoms with Crippen LogP contribution in [0.4, 0.5) is 4.39 Å². The van der Waals surface area contributed by atoms with Crippen molar-refractivity contribution in [3.8, 4) is 0 Å². The highest BCUT2D eigenvalue weighted by Crippen LogP contribution is 2.58. The molecule has 3 unspecified atom stereocenters. The Hall–Kier alpha value is -0.370. The summed E-state index contributed by atoms with van der Waals surface area (Å²) in [6, 6.07) is 7.03. The molecule has 3 rings (SSSR count). The van der Waals surface area contributed by atoms with Crippen molar-refractivity contribution in [2.75, 3.05) is 0 Å². The second kappa shape index (κ2) is 4.72. The molecular formula is C15H18BrF. The Morgan fingerprint density at radius 3 is 2.59 bits per heavy atom. The zero-order valence-electron chi connectivity index (χ0n) is 9.91. The maximum Gasteiger partial charge on any atom is 0.123 e. The lowest BCUT2D eigenvalue weighted by Crippen LogP contribution is -2.07. The van der Waals surface area contributed by atoms with Crippen LogP contribution in [0.1, 0.15) is 31.2 Å². The van der Waals surface area contributed by atoms with Crippen LogP contribution >= 0.6 is 15.9 Å². The zero-order valence-corrected chi connectivity index (χ0v) is 11.5. The SMILES string of the molecule is Fc1cccc(CC(Br)C2C3CCCCC32)c1. The highest BCUT2D eigenvalue weighted by molar-refractivity contribution is 9.09. The molecule has 0 spiro atoms. The number of hydrogen-bond acceptors (Lipinski definition) is 0. The summed E-state index contributed by atoms with van der Waals surface area (Å²) < 4.78 is 13.1. The lowest BCUT2D eigenvalue weighted by Gasteiger charge is -2.09. The van der Waals surface area contributed by atoms with E-state index in [1.54, 1.807) is 6.07 Å². The van der Waals surface area contributed by atoms with Crippen molar-refractivity contribution in [3.05, 3.63) is 35.6 Å². The van der Waals surface area contributed by atoms with E-state index in [1.807, 2.05) is 12.1 Å². The minimum absolute atomic E-state index is 0.115. The Kier molecular flexibility index (Phi) is 3.25. The molecule has 17 heavy (non-hydrogen) atoms. The first-order chi connectivity index (χ1) is 8.25. The molecule has 0 nitrogen and oxygen atoms in total. The number of rotatable bonds is 3. The normalized spacial score (nSPS) is 32.9. The fourth-order valence-corrected chi connectivity index (χ4v) is 4.77. The van der Waals surface area contributed by atoms with E-state index in [0.29, 0.717) is 4.83 Å². The molecule has 0 saturated heterocycles. The van der Waals surface area contributed by atoms with Crippen LogP contribution in [0.15, 0.2) is 24.3 Å². The maximum atomic E-state index is 13.1. The molecule has 0 bridgehead atoms. The van der Waals surface area contributed by atoms with Crippen molar-refractivity contribution in [1.82, 2.24) is 0 Å². The number of hydrogen-bond donors (Lipinski definition) is 0. The smallest absolute Gasteiger partial charge is 0.123 e. The van der Waals surface area contributed by atoms with Crippen LogP contribution in [-0.4, -0.2) is 4.83 Å². The Balaban J connectivity index is 1.62. The molecule has 92 valence electrons. The van der Waals surface area contributed by atoms with Crippen molar-refractivity contribution < 1.29 is 4.39 Å². The third-order valence-corrected chi connectivity index (χ3v) is 5.39. The second-order valence-electron chi connectivity index (χ2n) is 5.54. The summed E-state index contributed by atoms with van der Waals surface area (Å²) in [5.41, 5.74) is 1.12. The molecule has 3 atom stereocenters. The van der Waals surface area contributed by atoms with E-state index in [0.717, 1.165) is 29.7 Å². The molecule has 2 heteroatoms. The molecule has 0 radical (unpaired) electrons. The van der Waals surface area contributed by atoms with Crippen LogP contribution in [0.3, 0.4) is 0 Å². The molecular weight excluding hydrogens is 279 g/mol. The van der Waals surface area contributed by atoms with E-state index in [4.69, 9.17) is 0 Å². The summed E-state index contributed by atoms with van der Waals surface area (Å²) in [5, 5.41) is 0. The number of halogens is 2. The predicted octanol–water partition coefficient (Wildman–Crippen LogP) is 4.57. The van der Waals surface area contributed by atoms with Crippen LogP contribution in [0, 0.1) is 23.6 Å². The molecule has 1 aromatic rings. The van der Waals surface area contributed by atoms with Gasteiger partial charge in [0.2, 0.25) is 0 Å². The van der Waals surface area contributed by atoms with E-state index < -0.39 is 0 Å². The molecule has 1 aromatic carbocycles. The van der Waals surface area contributed by atoms with Gasteiger partial charge in [-0.3, -0.25) is 0 Å². The lowest BCUT2D eigenvalue weighted by atomic mass is 10.0. The largest absolute Gasteiger partial charge is 0.207 e. The van der Waals surface area contributed by atoms with Crippen molar-refractivity contribution in [3.63, 3.8) is 0 Å². The first-order valence-electron chi connectivity index (χ1n) is 6.64. The average Bonchev–Trinajstić information content (AvgIpc) is 3.03. The molecule has 2 fully saturated rings. The van der Waals surface area contributed by atoms with Gasteiger partial charge in [-0.15, -0.1) is 0 Å². The number of benzene rings is 1. The molecule has 0 heterocycles. The van der Waals surface area contributed by atoms with Crippen LogP contribution < -0.4 is 0 Å². The molecule has 0 aliphatic heterocycles. The molecule has 0 N–H and O–H groups in total. The fraction of sp³-hybridized carbons (Fsp3) is 0.600. The van der Waals surface area contributed by atoms with Gasteiger partial charge in [0.15, 0.2) is 0 Å². The lowest BCUT2D eigenvalue weighted by molar-refractivity contribution is 0.480. The Labute approximate surface area is 111 Å². The van der Waals surface area contributed by atoms with Gasteiger partial charge in [-0.05, 0) is 54.7 Å². The first kappa shape index (κ1) is 11.7. The maximum absolute atomic E-state index is 13.1. The fourth-order valence-electron chi connectivity index (χ4n) is 3.61. The summed E-state index contributed by atoms with van der Waals surface area (Å²) in [6.07, 6.45) is 6.63. The Bertz CT molecular complexity index is 392. The molecule has 0 amide bonds. The predicted molar refractivity (Wildman–Crippen MR) is 71.8 cm³/mol. The highest BCUT2D eigenvalue weighted by atomic mass is 79.9. The standard InChI is InChI=1S/C15H18BrF/c16-14(9-10-4-3-5-11(17)8-10)15-12-6-1-2-7-13(12)15/h3-5,8,12-15H,1-2,6-7,9H2. The van der Waals surface area contributed by atoms with Crippen molar-refractivity contribution in [2.45, 2.75) is 36.9 Å². The van der Waals surface area contributed by atoms with Gasteiger partial charge in [-0.1, -0.05) is 40.9 Å². The van der Waals surface area contributed by atoms with E-state index in [1.165, 1.54) is 31.7 Å².